The fraction of sp³-hybridized carbons (Fsp3) is 0.462. The van der Waals surface area contributed by atoms with Gasteiger partial charge in [-0.2, -0.15) is 0 Å². The van der Waals surface area contributed by atoms with E-state index in [-0.39, 0.29) is 17.0 Å². The minimum atomic E-state index is -0.548. The highest BCUT2D eigenvalue weighted by molar-refractivity contribution is 9.10. The quantitative estimate of drug-likeness (QED) is 0.881. The molecule has 1 aliphatic carbocycles. The smallest absolute Gasteiger partial charge is 0.254 e. The molecule has 2 atom stereocenters. The topological polar surface area (TPSA) is 49.3 Å². The second-order valence-electron chi connectivity index (χ2n) is 5.22. The van der Waals surface area contributed by atoms with Gasteiger partial charge in [-0.1, -0.05) is 29.8 Å². The highest BCUT2D eigenvalue weighted by Gasteiger charge is 2.48. The van der Waals surface area contributed by atoms with Crippen LogP contribution in [0.4, 0.5) is 4.39 Å². The largest absolute Gasteiger partial charge is 0.392 e. The van der Waals surface area contributed by atoms with Gasteiger partial charge in [0.15, 0.2) is 0 Å². The molecular weight excluding hydrogens is 301 g/mol. The predicted molar refractivity (Wildman–Crippen MR) is 69.8 cm³/mol. The zero-order valence-electron chi connectivity index (χ0n) is 10.2. The minimum Gasteiger partial charge on any atom is -0.392 e. The Kier molecular flexibility index (Phi) is 3.47. The highest BCUT2D eigenvalue weighted by atomic mass is 79.9. The predicted octanol–water partition coefficient (Wildman–Crippen LogP) is 2.48. The van der Waals surface area contributed by atoms with Crippen LogP contribution in [-0.4, -0.2) is 23.2 Å². The van der Waals surface area contributed by atoms with Crippen LogP contribution in [0.2, 0.25) is 0 Å². The van der Waals surface area contributed by atoms with E-state index in [1.54, 1.807) is 6.07 Å². The van der Waals surface area contributed by atoms with Gasteiger partial charge < -0.3 is 10.4 Å². The third kappa shape index (κ3) is 2.29. The molecular formula is C13H15BrFNO2. The Hall–Kier alpha value is -0.940. The number of hydrogen-bond acceptors (Lipinski definition) is 2. The maximum absolute atomic E-state index is 13.5. The van der Waals surface area contributed by atoms with E-state index in [9.17, 15) is 14.3 Å². The van der Waals surface area contributed by atoms with Crippen molar-refractivity contribution >= 4 is 21.8 Å². The van der Waals surface area contributed by atoms with E-state index in [0.717, 1.165) is 0 Å². The number of nitrogens with one attached hydrogen (secondary N) is 1. The number of carbonyl (C=O) groups excluding carboxylic acids is 1. The first-order chi connectivity index (χ1) is 8.32. The first kappa shape index (κ1) is 13.5. The maximum Gasteiger partial charge on any atom is 0.254 e. The van der Waals surface area contributed by atoms with Crippen LogP contribution in [0, 0.1) is 11.2 Å². The minimum absolute atomic E-state index is 0.0153. The number of rotatable bonds is 2. The average molecular weight is 316 g/mol. The van der Waals surface area contributed by atoms with Crippen LogP contribution in [0.3, 0.4) is 0 Å². The summed E-state index contributed by atoms with van der Waals surface area (Å²) in [6.07, 6.45) is 0.0871. The van der Waals surface area contributed by atoms with Crippen LogP contribution in [0.1, 0.15) is 30.6 Å². The number of amides is 1. The van der Waals surface area contributed by atoms with Gasteiger partial charge in [0, 0.05) is 15.9 Å². The fourth-order valence-corrected chi connectivity index (χ4v) is 2.42. The van der Waals surface area contributed by atoms with Crippen LogP contribution < -0.4 is 5.32 Å². The van der Waals surface area contributed by atoms with Crippen molar-refractivity contribution in [3.63, 3.8) is 0 Å². The Morgan fingerprint density at radius 1 is 1.56 bits per heavy atom. The van der Waals surface area contributed by atoms with Crippen molar-refractivity contribution in [2.24, 2.45) is 5.41 Å². The standard InChI is InChI=1S/C13H15BrFNO2/c1-13(2)10(6-11(13)17)16-12(18)8-5-7(14)3-4-9(8)15/h3-5,10-11,17H,6H2,1-2H3,(H,16,18). The van der Waals surface area contributed by atoms with Crippen molar-refractivity contribution in [3.8, 4) is 0 Å². The highest BCUT2D eigenvalue weighted by Crippen LogP contribution is 2.40. The molecule has 1 amide bonds. The number of carbonyl (C=O) groups is 1. The third-order valence-corrected chi connectivity index (χ3v) is 4.19. The lowest BCUT2D eigenvalue weighted by Crippen LogP contribution is -2.61. The van der Waals surface area contributed by atoms with Gasteiger partial charge in [-0.3, -0.25) is 4.79 Å². The second-order valence-corrected chi connectivity index (χ2v) is 6.14. The van der Waals surface area contributed by atoms with Crippen LogP contribution in [0.5, 0.6) is 0 Å². The van der Waals surface area contributed by atoms with E-state index in [2.05, 4.69) is 21.2 Å². The molecule has 1 saturated carbocycles. The van der Waals surface area contributed by atoms with Gasteiger partial charge in [0.2, 0.25) is 0 Å². The molecule has 0 heterocycles. The molecule has 0 aliphatic heterocycles. The van der Waals surface area contributed by atoms with Crippen LogP contribution >= 0.6 is 15.9 Å². The van der Waals surface area contributed by atoms with Gasteiger partial charge in [0.25, 0.3) is 5.91 Å². The summed E-state index contributed by atoms with van der Waals surface area (Å²) in [5, 5.41) is 12.4. The zero-order chi connectivity index (χ0) is 13.5. The Morgan fingerprint density at radius 3 is 2.78 bits per heavy atom. The normalized spacial score (nSPS) is 25.4. The maximum atomic E-state index is 13.5. The number of benzene rings is 1. The summed E-state index contributed by atoms with van der Waals surface area (Å²) in [7, 11) is 0. The molecule has 0 saturated heterocycles. The molecule has 0 radical (unpaired) electrons. The lowest BCUT2D eigenvalue weighted by molar-refractivity contribution is -0.0689. The number of aliphatic hydroxyl groups excluding tert-OH is 1. The van der Waals surface area contributed by atoms with Crippen molar-refractivity contribution in [1.29, 1.82) is 0 Å². The summed E-state index contributed by atoms with van der Waals surface area (Å²) in [5.74, 6) is -0.993. The molecule has 1 aliphatic rings. The molecule has 3 nitrogen and oxygen atoms in total. The second kappa shape index (κ2) is 4.63. The number of hydrogen-bond donors (Lipinski definition) is 2. The number of aliphatic hydroxyl groups is 1. The van der Waals surface area contributed by atoms with Gasteiger partial charge in [-0.15, -0.1) is 0 Å². The third-order valence-electron chi connectivity index (χ3n) is 3.69. The van der Waals surface area contributed by atoms with E-state index in [4.69, 9.17) is 0 Å². The van der Waals surface area contributed by atoms with E-state index in [0.29, 0.717) is 10.9 Å². The lowest BCUT2D eigenvalue weighted by atomic mass is 9.64. The molecule has 18 heavy (non-hydrogen) atoms. The summed E-state index contributed by atoms with van der Waals surface area (Å²) in [4.78, 5) is 12.0. The van der Waals surface area contributed by atoms with Gasteiger partial charge >= 0.3 is 0 Å². The molecule has 0 bridgehead atoms. The summed E-state index contributed by atoms with van der Waals surface area (Å²) in [6, 6.07) is 4.12. The molecule has 0 spiro atoms. The molecule has 2 rings (SSSR count). The molecule has 5 heteroatoms. The van der Waals surface area contributed by atoms with Gasteiger partial charge in [-0.05, 0) is 24.6 Å². The molecule has 1 aromatic carbocycles. The Bertz CT molecular complexity index is 490. The van der Waals surface area contributed by atoms with E-state index < -0.39 is 17.8 Å². The Balaban J connectivity index is 2.12. The Morgan fingerprint density at radius 2 is 2.22 bits per heavy atom. The SMILES string of the molecule is CC1(C)C(O)CC1NC(=O)c1cc(Br)ccc1F. The van der Waals surface area contributed by atoms with Crippen molar-refractivity contribution in [3.05, 3.63) is 34.1 Å². The molecule has 2 N–H and O–H groups in total. The molecule has 1 aromatic rings. The molecule has 2 unspecified atom stereocenters. The molecule has 0 aromatic heterocycles. The van der Waals surface area contributed by atoms with Gasteiger partial charge in [0.05, 0.1) is 11.7 Å². The summed E-state index contributed by atoms with van der Waals surface area (Å²) < 4.78 is 14.2. The van der Waals surface area contributed by atoms with Gasteiger partial charge in [-0.25, -0.2) is 4.39 Å². The van der Waals surface area contributed by atoms with Crippen LogP contribution in [0.25, 0.3) is 0 Å². The van der Waals surface area contributed by atoms with Crippen molar-refractivity contribution in [1.82, 2.24) is 5.32 Å². The summed E-state index contributed by atoms with van der Waals surface area (Å²) >= 11 is 3.21. The van der Waals surface area contributed by atoms with Crippen LogP contribution in [0.15, 0.2) is 22.7 Å². The van der Waals surface area contributed by atoms with E-state index in [1.165, 1.54) is 12.1 Å². The average Bonchev–Trinajstić information content (AvgIpc) is 2.31. The first-order valence-corrected chi connectivity index (χ1v) is 6.55. The van der Waals surface area contributed by atoms with Crippen molar-refractivity contribution in [2.75, 3.05) is 0 Å². The lowest BCUT2D eigenvalue weighted by Gasteiger charge is -2.49. The van der Waals surface area contributed by atoms with E-state index in [1.807, 2.05) is 13.8 Å². The van der Waals surface area contributed by atoms with Crippen molar-refractivity contribution < 1.29 is 14.3 Å². The summed E-state index contributed by atoms with van der Waals surface area (Å²) in [5.41, 5.74) is -0.348. The Labute approximate surface area is 114 Å². The monoisotopic (exact) mass is 315 g/mol. The van der Waals surface area contributed by atoms with Gasteiger partial charge in [0.1, 0.15) is 5.82 Å². The molecule has 98 valence electrons. The van der Waals surface area contributed by atoms with Crippen molar-refractivity contribution in [2.45, 2.75) is 32.4 Å². The zero-order valence-corrected chi connectivity index (χ0v) is 11.8. The van der Waals surface area contributed by atoms with E-state index >= 15 is 0 Å². The molecule has 1 fully saturated rings. The first-order valence-electron chi connectivity index (χ1n) is 5.76. The fourth-order valence-electron chi connectivity index (χ4n) is 2.05. The summed E-state index contributed by atoms with van der Waals surface area (Å²) in [6.45, 7) is 3.76. The van der Waals surface area contributed by atoms with Crippen LogP contribution in [-0.2, 0) is 0 Å². The number of halogens is 2.